The topological polar surface area (TPSA) is 45.8 Å². The van der Waals surface area contributed by atoms with E-state index in [9.17, 15) is 17.4 Å². The minimum absolute atomic E-state index is 0.366. The second-order valence-electron chi connectivity index (χ2n) is 2.77. The van der Waals surface area contributed by atoms with Crippen molar-refractivity contribution in [2.75, 3.05) is 0 Å². The van der Waals surface area contributed by atoms with Crippen LogP contribution in [-0.2, 0) is 10.8 Å². The first-order valence-electron chi connectivity index (χ1n) is 3.92. The predicted molar refractivity (Wildman–Crippen MR) is 48.6 cm³/mol. The molecule has 1 aromatic carbocycles. The van der Waals surface area contributed by atoms with Crippen LogP contribution in [0.15, 0.2) is 29.4 Å². The fraction of sp³-hybridized carbons (Fsp3) is 0.125. The summed E-state index contributed by atoms with van der Waals surface area (Å²) in [5.74, 6) is 0. The van der Waals surface area contributed by atoms with E-state index in [4.69, 9.17) is 0 Å². The molecule has 7 heteroatoms. The smallest absolute Gasteiger partial charge is 0.331 e. The van der Waals surface area contributed by atoms with Crippen LogP contribution in [0.1, 0.15) is 0 Å². The van der Waals surface area contributed by atoms with Crippen molar-refractivity contribution in [1.29, 1.82) is 0 Å². The molecule has 0 aliphatic rings. The number of nitrogens with zero attached hydrogens (tertiary/aromatic N) is 1. The Morgan fingerprint density at radius 3 is 2.53 bits per heavy atom. The van der Waals surface area contributed by atoms with Gasteiger partial charge in [0.15, 0.2) is 10.8 Å². The lowest BCUT2D eigenvalue weighted by molar-refractivity contribution is -0.0387. The van der Waals surface area contributed by atoms with E-state index in [0.29, 0.717) is 11.0 Å². The second-order valence-corrected chi connectivity index (χ2v) is 4.16. The summed E-state index contributed by atoms with van der Waals surface area (Å²) in [4.78, 5) is 5.97. The Labute approximate surface area is 84.8 Å². The third-order valence-corrected chi connectivity index (χ3v) is 2.72. The monoisotopic (exact) mass is 234 g/mol. The van der Waals surface area contributed by atoms with E-state index >= 15 is 0 Å². The molecule has 0 saturated carbocycles. The van der Waals surface area contributed by atoms with E-state index in [1.54, 1.807) is 24.3 Å². The van der Waals surface area contributed by atoms with Gasteiger partial charge in [-0.2, -0.15) is 13.2 Å². The summed E-state index contributed by atoms with van der Waals surface area (Å²) in [6, 6.07) is 6.41. The predicted octanol–water partition coefficient (Wildman–Crippen LogP) is 2.19. The fourth-order valence-electron chi connectivity index (χ4n) is 1.13. The first-order chi connectivity index (χ1) is 6.98. The molecule has 2 aromatic rings. The summed E-state index contributed by atoms with van der Waals surface area (Å²) < 4.78 is 47.2. The Bertz CT molecular complexity index is 487. The van der Waals surface area contributed by atoms with Gasteiger partial charge in [0, 0.05) is 0 Å². The van der Waals surface area contributed by atoms with Crippen LogP contribution >= 0.6 is 0 Å². The van der Waals surface area contributed by atoms with Gasteiger partial charge in [-0.05, 0) is 12.1 Å². The summed E-state index contributed by atoms with van der Waals surface area (Å²) in [5, 5.41) is -0.566. The lowest BCUT2D eigenvalue weighted by atomic mass is 10.3. The normalized spacial score (nSPS) is 14.3. The molecule has 1 heterocycles. The number of halogens is 3. The highest BCUT2D eigenvalue weighted by molar-refractivity contribution is 7.85. The highest BCUT2D eigenvalue weighted by Gasteiger charge is 2.40. The van der Waals surface area contributed by atoms with Gasteiger partial charge in [0.25, 0.3) is 0 Å². The molecule has 0 radical (unpaired) electrons. The number of hydrogen-bond donors (Lipinski definition) is 1. The number of fused-ring (bicyclic) bond motifs is 1. The Morgan fingerprint density at radius 1 is 1.27 bits per heavy atom. The number of aromatic nitrogens is 2. The van der Waals surface area contributed by atoms with Crippen molar-refractivity contribution in [3.8, 4) is 0 Å². The minimum Gasteiger partial charge on any atom is -0.331 e. The maximum Gasteiger partial charge on any atom is 0.478 e. The number of para-hydroxylation sites is 2. The van der Waals surface area contributed by atoms with Crippen molar-refractivity contribution < 1.29 is 17.4 Å². The molecule has 0 fully saturated rings. The standard InChI is InChI=1S/C8H5F3N2OS/c9-8(10,11)15(14)7-12-5-3-1-2-4-6(5)13-7/h1-4H,(H,12,13). The summed E-state index contributed by atoms with van der Waals surface area (Å²) >= 11 is 0. The third kappa shape index (κ3) is 1.87. The van der Waals surface area contributed by atoms with Crippen molar-refractivity contribution in [2.45, 2.75) is 10.7 Å². The summed E-state index contributed by atoms with van der Waals surface area (Å²) in [6.07, 6.45) is 0. The zero-order chi connectivity index (χ0) is 11.1. The fourth-order valence-corrected chi connectivity index (χ4v) is 1.73. The minimum atomic E-state index is -4.78. The third-order valence-electron chi connectivity index (χ3n) is 1.75. The Morgan fingerprint density at radius 2 is 1.93 bits per heavy atom. The molecule has 15 heavy (non-hydrogen) atoms. The van der Waals surface area contributed by atoms with Crippen LogP contribution in [0, 0.1) is 0 Å². The largest absolute Gasteiger partial charge is 0.478 e. The van der Waals surface area contributed by atoms with Gasteiger partial charge in [0.05, 0.1) is 11.0 Å². The Balaban J connectivity index is 2.50. The van der Waals surface area contributed by atoms with E-state index in [2.05, 4.69) is 9.97 Å². The van der Waals surface area contributed by atoms with Crippen LogP contribution in [0.3, 0.4) is 0 Å². The van der Waals surface area contributed by atoms with Gasteiger partial charge in [-0.1, -0.05) is 12.1 Å². The molecular formula is C8H5F3N2OS. The van der Waals surface area contributed by atoms with Crippen LogP contribution in [0.4, 0.5) is 13.2 Å². The van der Waals surface area contributed by atoms with Crippen molar-refractivity contribution in [3.63, 3.8) is 0 Å². The van der Waals surface area contributed by atoms with E-state index in [-0.39, 0.29) is 0 Å². The molecule has 1 atom stereocenters. The lowest BCUT2D eigenvalue weighted by Crippen LogP contribution is -2.17. The molecule has 3 nitrogen and oxygen atoms in total. The molecule has 0 amide bonds. The molecule has 1 N–H and O–H groups in total. The Kier molecular flexibility index (Phi) is 2.26. The molecular weight excluding hydrogens is 229 g/mol. The van der Waals surface area contributed by atoms with Gasteiger partial charge in [-0.15, -0.1) is 0 Å². The lowest BCUT2D eigenvalue weighted by Gasteiger charge is -2.01. The van der Waals surface area contributed by atoms with Crippen LogP contribution in [0.2, 0.25) is 0 Å². The number of benzene rings is 1. The number of nitrogens with one attached hydrogen (secondary N) is 1. The zero-order valence-corrected chi connectivity index (χ0v) is 8.02. The Hall–Kier alpha value is -1.37. The summed E-state index contributed by atoms with van der Waals surface area (Å²) in [7, 11) is -3.10. The van der Waals surface area contributed by atoms with Crippen molar-refractivity contribution in [1.82, 2.24) is 9.97 Å². The molecule has 0 aliphatic carbocycles. The van der Waals surface area contributed by atoms with E-state index in [1.165, 1.54) is 0 Å². The molecule has 0 spiro atoms. The molecule has 1 unspecified atom stereocenters. The van der Waals surface area contributed by atoms with Crippen LogP contribution in [-0.4, -0.2) is 19.7 Å². The molecule has 1 aromatic heterocycles. The first-order valence-corrected chi connectivity index (χ1v) is 5.07. The SMILES string of the molecule is O=S(c1nc2ccccc2[nH]1)C(F)(F)F. The maximum atomic E-state index is 12.1. The van der Waals surface area contributed by atoms with Crippen LogP contribution < -0.4 is 0 Å². The first kappa shape index (κ1) is 10.2. The van der Waals surface area contributed by atoms with Gasteiger partial charge >= 0.3 is 5.51 Å². The summed E-state index contributed by atoms with van der Waals surface area (Å²) in [6.45, 7) is 0. The van der Waals surface area contributed by atoms with E-state index in [0.717, 1.165) is 0 Å². The van der Waals surface area contributed by atoms with Gasteiger partial charge in [0.2, 0.25) is 5.16 Å². The number of imidazole rings is 1. The highest BCUT2D eigenvalue weighted by atomic mass is 32.2. The van der Waals surface area contributed by atoms with Crippen LogP contribution in [0.25, 0.3) is 11.0 Å². The number of H-pyrrole nitrogens is 1. The average Bonchev–Trinajstić information content (AvgIpc) is 2.58. The van der Waals surface area contributed by atoms with Gasteiger partial charge < -0.3 is 4.98 Å². The van der Waals surface area contributed by atoms with E-state index < -0.39 is 21.5 Å². The molecule has 0 aliphatic heterocycles. The van der Waals surface area contributed by atoms with Crippen LogP contribution in [0.5, 0.6) is 0 Å². The van der Waals surface area contributed by atoms with Gasteiger partial charge in [-0.3, -0.25) is 0 Å². The number of rotatable bonds is 1. The summed E-state index contributed by atoms with van der Waals surface area (Å²) in [5.41, 5.74) is -3.98. The zero-order valence-electron chi connectivity index (χ0n) is 7.21. The van der Waals surface area contributed by atoms with Gasteiger partial charge in [0.1, 0.15) is 0 Å². The quantitative estimate of drug-likeness (QED) is 0.822. The van der Waals surface area contributed by atoms with Crippen molar-refractivity contribution in [2.24, 2.45) is 0 Å². The average molecular weight is 234 g/mol. The number of hydrogen-bond acceptors (Lipinski definition) is 2. The second kappa shape index (κ2) is 3.34. The molecule has 80 valence electrons. The highest BCUT2D eigenvalue weighted by Crippen LogP contribution is 2.25. The number of aromatic amines is 1. The van der Waals surface area contributed by atoms with E-state index in [1.807, 2.05) is 0 Å². The molecule has 2 rings (SSSR count). The molecule has 0 saturated heterocycles. The number of alkyl halides is 3. The van der Waals surface area contributed by atoms with Crippen molar-refractivity contribution >= 4 is 21.8 Å². The maximum absolute atomic E-state index is 12.1. The molecule has 0 bridgehead atoms. The van der Waals surface area contributed by atoms with Gasteiger partial charge in [-0.25, -0.2) is 9.19 Å². The van der Waals surface area contributed by atoms with Crippen molar-refractivity contribution in [3.05, 3.63) is 24.3 Å².